The van der Waals surface area contributed by atoms with E-state index in [9.17, 15) is 4.79 Å². The van der Waals surface area contributed by atoms with Gasteiger partial charge in [0.1, 0.15) is 0 Å². The molecule has 0 bridgehead atoms. The Morgan fingerprint density at radius 3 is 2.44 bits per heavy atom. The van der Waals surface area contributed by atoms with Gasteiger partial charge in [0.2, 0.25) is 5.91 Å². The third-order valence-corrected chi connectivity index (χ3v) is 5.31. The number of nitrogens with one attached hydrogen (secondary N) is 2. The maximum Gasteiger partial charge on any atom is 0.239 e. The van der Waals surface area contributed by atoms with Crippen LogP contribution in [-0.2, 0) is 9.53 Å². The molecule has 1 aromatic carbocycles. The molecule has 1 heterocycles. The fourth-order valence-corrected chi connectivity index (χ4v) is 3.92. The van der Waals surface area contributed by atoms with Crippen molar-refractivity contribution in [3.05, 3.63) is 30.3 Å². The van der Waals surface area contributed by atoms with Gasteiger partial charge in [-0.2, -0.15) is 0 Å². The Morgan fingerprint density at radius 2 is 1.76 bits per heavy atom. The number of anilines is 1. The Bertz CT molecular complexity index is 515. The lowest BCUT2D eigenvalue weighted by molar-refractivity contribution is -0.120. The molecular formula is C19H30ClN3O2. The molecule has 2 N–H and O–H groups in total. The molecule has 6 heteroatoms. The Hall–Kier alpha value is -1.30. The Balaban J connectivity index is 0.00000225. The average Bonchev–Trinajstić information content (AvgIpc) is 2.67. The molecule has 1 saturated carbocycles. The van der Waals surface area contributed by atoms with Crippen molar-refractivity contribution in [3.8, 4) is 0 Å². The van der Waals surface area contributed by atoms with Crippen molar-refractivity contribution in [1.29, 1.82) is 0 Å². The molecule has 25 heavy (non-hydrogen) atoms. The zero-order valence-corrected chi connectivity index (χ0v) is 15.7. The molecule has 1 aliphatic heterocycles. The average molecular weight is 368 g/mol. The van der Waals surface area contributed by atoms with Crippen LogP contribution in [0.3, 0.4) is 0 Å². The second-order valence-electron chi connectivity index (χ2n) is 6.88. The summed E-state index contributed by atoms with van der Waals surface area (Å²) in [5.41, 5.74) is 1.11. The summed E-state index contributed by atoms with van der Waals surface area (Å²) in [6.45, 7) is 4.66. The van der Waals surface area contributed by atoms with E-state index in [1.54, 1.807) is 0 Å². The first-order valence-electron chi connectivity index (χ1n) is 9.17. The van der Waals surface area contributed by atoms with E-state index < -0.39 is 0 Å². The molecule has 1 amide bonds. The number of benzene rings is 1. The van der Waals surface area contributed by atoms with Crippen molar-refractivity contribution in [2.45, 2.75) is 37.6 Å². The van der Waals surface area contributed by atoms with Gasteiger partial charge in [0.05, 0.1) is 19.8 Å². The molecule has 5 nitrogen and oxygen atoms in total. The maximum atomic E-state index is 12.3. The molecule has 0 aromatic heterocycles. The molecule has 0 radical (unpaired) electrons. The summed E-state index contributed by atoms with van der Waals surface area (Å²) < 4.78 is 5.51. The normalized spacial score (nSPS) is 20.3. The Morgan fingerprint density at radius 1 is 1.08 bits per heavy atom. The van der Waals surface area contributed by atoms with E-state index >= 15 is 0 Å². The van der Waals surface area contributed by atoms with Crippen LogP contribution < -0.4 is 10.6 Å². The predicted octanol–water partition coefficient (Wildman–Crippen LogP) is 2.67. The topological polar surface area (TPSA) is 53.6 Å². The van der Waals surface area contributed by atoms with Crippen LogP contribution in [0.5, 0.6) is 0 Å². The van der Waals surface area contributed by atoms with Gasteiger partial charge in [-0.3, -0.25) is 9.69 Å². The number of nitrogens with zero attached hydrogens (tertiary/aromatic N) is 1. The molecule has 1 aromatic rings. The first kappa shape index (κ1) is 20.0. The van der Waals surface area contributed by atoms with E-state index in [2.05, 4.69) is 15.5 Å². The highest BCUT2D eigenvalue weighted by molar-refractivity contribution is 5.85. The predicted molar refractivity (Wildman–Crippen MR) is 103 cm³/mol. The highest BCUT2D eigenvalue weighted by atomic mass is 35.5. The minimum absolute atomic E-state index is 0. The fourth-order valence-electron chi connectivity index (χ4n) is 3.92. The Labute approximate surface area is 156 Å². The minimum atomic E-state index is 0. The summed E-state index contributed by atoms with van der Waals surface area (Å²) in [7, 11) is 0. The van der Waals surface area contributed by atoms with Gasteiger partial charge in [0.15, 0.2) is 0 Å². The van der Waals surface area contributed by atoms with Crippen molar-refractivity contribution < 1.29 is 9.53 Å². The van der Waals surface area contributed by atoms with E-state index in [4.69, 9.17) is 4.74 Å². The van der Waals surface area contributed by atoms with Gasteiger partial charge in [-0.15, -0.1) is 12.4 Å². The van der Waals surface area contributed by atoms with Crippen LogP contribution >= 0.6 is 12.4 Å². The van der Waals surface area contributed by atoms with Crippen LogP contribution in [0.2, 0.25) is 0 Å². The number of rotatable bonds is 6. The number of ether oxygens (including phenoxy) is 1. The van der Waals surface area contributed by atoms with E-state index in [0.717, 1.165) is 38.5 Å². The van der Waals surface area contributed by atoms with Crippen molar-refractivity contribution in [3.63, 3.8) is 0 Å². The van der Waals surface area contributed by atoms with Gasteiger partial charge < -0.3 is 15.4 Å². The molecule has 1 aliphatic carbocycles. The van der Waals surface area contributed by atoms with Crippen LogP contribution in [0.25, 0.3) is 0 Å². The summed E-state index contributed by atoms with van der Waals surface area (Å²) in [6, 6.07) is 9.86. The first-order valence-corrected chi connectivity index (χ1v) is 9.17. The van der Waals surface area contributed by atoms with Crippen molar-refractivity contribution in [2.24, 2.45) is 0 Å². The van der Waals surface area contributed by atoms with Gasteiger partial charge in [0, 0.05) is 30.9 Å². The largest absolute Gasteiger partial charge is 0.379 e. The number of carbonyl (C=O) groups is 1. The van der Waals surface area contributed by atoms with Crippen LogP contribution in [0.4, 0.5) is 5.69 Å². The van der Waals surface area contributed by atoms with E-state index in [0.29, 0.717) is 6.54 Å². The molecule has 1 saturated heterocycles. The van der Waals surface area contributed by atoms with E-state index in [1.165, 1.54) is 32.1 Å². The SMILES string of the molecule is Cl.O=C(CNc1ccccc1)NCC1(N2CCOCC2)CCCCC1. The Kier molecular flexibility index (Phi) is 8.00. The van der Waals surface area contributed by atoms with Gasteiger partial charge >= 0.3 is 0 Å². The number of morpholine rings is 1. The number of carbonyl (C=O) groups excluding carboxylic acids is 1. The molecule has 2 fully saturated rings. The second kappa shape index (κ2) is 10.00. The van der Waals surface area contributed by atoms with Gasteiger partial charge in [-0.1, -0.05) is 37.5 Å². The van der Waals surface area contributed by atoms with Gasteiger partial charge in [-0.05, 0) is 25.0 Å². The second-order valence-corrected chi connectivity index (χ2v) is 6.88. The van der Waals surface area contributed by atoms with Gasteiger partial charge in [-0.25, -0.2) is 0 Å². The minimum Gasteiger partial charge on any atom is -0.379 e. The quantitative estimate of drug-likeness (QED) is 0.811. The lowest BCUT2D eigenvalue weighted by Gasteiger charge is -2.48. The molecule has 2 aliphatic rings. The maximum absolute atomic E-state index is 12.3. The van der Waals surface area contributed by atoms with Crippen LogP contribution in [-0.4, -0.2) is 55.7 Å². The smallest absolute Gasteiger partial charge is 0.239 e. The van der Waals surface area contributed by atoms with Crippen LogP contribution in [0, 0.1) is 0 Å². The van der Waals surface area contributed by atoms with Crippen molar-refractivity contribution in [1.82, 2.24) is 10.2 Å². The zero-order chi connectivity index (χ0) is 16.7. The van der Waals surface area contributed by atoms with Crippen molar-refractivity contribution >= 4 is 24.0 Å². The molecule has 3 rings (SSSR count). The molecule has 0 unspecified atom stereocenters. The highest BCUT2D eigenvalue weighted by Gasteiger charge is 2.38. The fraction of sp³-hybridized carbons (Fsp3) is 0.632. The van der Waals surface area contributed by atoms with Crippen molar-refractivity contribution in [2.75, 3.05) is 44.7 Å². The van der Waals surface area contributed by atoms with Gasteiger partial charge in [0.25, 0.3) is 0 Å². The van der Waals surface area contributed by atoms with E-state index in [1.807, 2.05) is 30.3 Å². The third-order valence-electron chi connectivity index (χ3n) is 5.31. The molecule has 0 atom stereocenters. The summed E-state index contributed by atoms with van der Waals surface area (Å²) in [4.78, 5) is 14.8. The lowest BCUT2D eigenvalue weighted by atomic mass is 9.79. The number of hydrogen-bond acceptors (Lipinski definition) is 4. The summed E-state index contributed by atoms with van der Waals surface area (Å²) in [5, 5.41) is 6.36. The zero-order valence-electron chi connectivity index (χ0n) is 14.8. The third kappa shape index (κ3) is 5.59. The number of halogens is 1. The number of para-hydroxylation sites is 1. The lowest BCUT2D eigenvalue weighted by Crippen LogP contribution is -2.60. The molecular weight excluding hydrogens is 338 g/mol. The summed E-state index contributed by atoms with van der Waals surface area (Å²) in [5.74, 6) is 0.0667. The number of hydrogen-bond donors (Lipinski definition) is 2. The number of amides is 1. The monoisotopic (exact) mass is 367 g/mol. The summed E-state index contributed by atoms with van der Waals surface area (Å²) >= 11 is 0. The standard InChI is InChI=1S/C19H29N3O2.ClH/c23-18(15-20-17-7-3-1-4-8-17)21-16-19(9-5-2-6-10-19)22-11-13-24-14-12-22;/h1,3-4,7-8,20H,2,5-6,9-16H2,(H,21,23);1H. The molecule has 0 spiro atoms. The summed E-state index contributed by atoms with van der Waals surface area (Å²) in [6.07, 6.45) is 6.19. The van der Waals surface area contributed by atoms with Crippen LogP contribution in [0.15, 0.2) is 30.3 Å². The molecule has 140 valence electrons. The van der Waals surface area contributed by atoms with Crippen LogP contribution in [0.1, 0.15) is 32.1 Å². The van der Waals surface area contributed by atoms with E-state index in [-0.39, 0.29) is 23.9 Å². The first-order chi connectivity index (χ1) is 11.8. The highest BCUT2D eigenvalue weighted by Crippen LogP contribution is 2.33.